The molecule has 0 saturated heterocycles. The molecule has 0 aliphatic rings. The predicted molar refractivity (Wildman–Crippen MR) is 70.7 cm³/mol. The second-order valence-electron chi connectivity index (χ2n) is 3.48. The molecule has 0 bridgehead atoms. The Hall–Kier alpha value is -1.48. The van der Waals surface area contributed by atoms with Crippen LogP contribution in [-0.4, -0.2) is 12.5 Å². The minimum Gasteiger partial charge on any atom is -0.491 e. The maximum Gasteiger partial charge on any atom is 0.248 e. The largest absolute Gasteiger partial charge is 0.491 e. The molecule has 0 aromatic heterocycles. The van der Waals surface area contributed by atoms with Crippen molar-refractivity contribution in [1.29, 1.82) is 0 Å². The van der Waals surface area contributed by atoms with Crippen molar-refractivity contribution in [3.05, 3.63) is 35.4 Å². The van der Waals surface area contributed by atoms with Crippen molar-refractivity contribution in [3.63, 3.8) is 0 Å². The molecule has 3 nitrogen and oxygen atoms in total. The van der Waals surface area contributed by atoms with E-state index in [9.17, 15) is 4.79 Å². The fourth-order valence-electron chi connectivity index (χ4n) is 1.26. The van der Waals surface area contributed by atoms with Crippen LogP contribution in [0.2, 0.25) is 5.02 Å². The molecule has 0 spiro atoms. The lowest BCUT2D eigenvalue weighted by molar-refractivity contribution is -0.111. The summed E-state index contributed by atoms with van der Waals surface area (Å²) in [6, 6.07) is 5.16. The Bertz CT molecular complexity index is 416. The van der Waals surface area contributed by atoms with Gasteiger partial charge in [-0.25, -0.2) is 0 Å². The summed E-state index contributed by atoms with van der Waals surface area (Å²) in [5.74, 6) is 0.435. The van der Waals surface area contributed by atoms with E-state index in [0.717, 1.165) is 6.42 Å². The zero-order valence-corrected chi connectivity index (χ0v) is 10.8. The highest BCUT2D eigenvalue weighted by Gasteiger charge is 2.06. The van der Waals surface area contributed by atoms with Crippen LogP contribution < -0.4 is 10.1 Å². The molecule has 0 atom stereocenters. The molecule has 1 rings (SSSR count). The van der Waals surface area contributed by atoms with Gasteiger partial charge in [0.15, 0.2) is 0 Å². The number of hydrogen-bond acceptors (Lipinski definition) is 2. The maximum atomic E-state index is 11.5. The fourth-order valence-corrected chi connectivity index (χ4v) is 1.44. The molecule has 0 aliphatic heterocycles. The lowest BCUT2D eigenvalue weighted by atomic mass is 10.3. The van der Waals surface area contributed by atoms with Crippen LogP contribution in [0.25, 0.3) is 0 Å². The molecule has 92 valence electrons. The first kappa shape index (κ1) is 13.6. The first-order valence-corrected chi connectivity index (χ1v) is 5.91. The number of carbonyl (C=O) groups is 1. The molecule has 0 unspecified atom stereocenters. The molecule has 1 N–H and O–H groups in total. The van der Waals surface area contributed by atoms with Crippen molar-refractivity contribution in [2.24, 2.45) is 0 Å². The van der Waals surface area contributed by atoms with E-state index in [2.05, 4.69) is 5.32 Å². The molecule has 0 fully saturated rings. The minimum atomic E-state index is -0.198. The second-order valence-corrected chi connectivity index (χ2v) is 3.91. The van der Waals surface area contributed by atoms with Crippen LogP contribution in [-0.2, 0) is 4.79 Å². The third-order valence-electron chi connectivity index (χ3n) is 1.98. The Labute approximate surface area is 106 Å². The van der Waals surface area contributed by atoms with Crippen LogP contribution in [0, 0.1) is 0 Å². The van der Waals surface area contributed by atoms with Crippen molar-refractivity contribution in [1.82, 2.24) is 0 Å². The topological polar surface area (TPSA) is 38.3 Å². The number of anilines is 1. The van der Waals surface area contributed by atoms with Crippen molar-refractivity contribution >= 4 is 23.2 Å². The van der Waals surface area contributed by atoms with Gasteiger partial charge in [-0.3, -0.25) is 4.79 Å². The molecule has 0 saturated carbocycles. The highest BCUT2D eigenvalue weighted by Crippen LogP contribution is 2.28. The molecule has 17 heavy (non-hydrogen) atoms. The van der Waals surface area contributed by atoms with Crippen molar-refractivity contribution in [2.75, 3.05) is 11.9 Å². The Morgan fingerprint density at radius 3 is 2.94 bits per heavy atom. The summed E-state index contributed by atoms with van der Waals surface area (Å²) in [7, 11) is 0. The third kappa shape index (κ3) is 4.49. The summed E-state index contributed by atoms with van der Waals surface area (Å²) in [5, 5.41) is 3.29. The molecular weight excluding hydrogens is 238 g/mol. The summed E-state index contributed by atoms with van der Waals surface area (Å²) < 4.78 is 5.52. The quantitative estimate of drug-likeness (QED) is 0.814. The van der Waals surface area contributed by atoms with Gasteiger partial charge < -0.3 is 10.1 Å². The smallest absolute Gasteiger partial charge is 0.248 e. The highest BCUT2D eigenvalue weighted by atomic mass is 35.5. The van der Waals surface area contributed by atoms with Crippen molar-refractivity contribution in [3.8, 4) is 5.75 Å². The van der Waals surface area contributed by atoms with E-state index in [4.69, 9.17) is 16.3 Å². The summed E-state index contributed by atoms with van der Waals surface area (Å²) in [6.45, 7) is 4.41. The second kappa shape index (κ2) is 6.97. The number of nitrogens with one attached hydrogen (secondary N) is 1. The van der Waals surface area contributed by atoms with Crippen LogP contribution in [0.3, 0.4) is 0 Å². The molecule has 4 heteroatoms. The fraction of sp³-hybridized carbons (Fsp3) is 0.308. The van der Waals surface area contributed by atoms with E-state index in [1.54, 1.807) is 31.2 Å². The van der Waals surface area contributed by atoms with Crippen molar-refractivity contribution in [2.45, 2.75) is 20.3 Å². The Kier molecular flexibility index (Phi) is 5.57. The molecule has 0 aliphatic carbocycles. The molecular formula is C13H16ClNO2. The molecule has 0 heterocycles. The number of benzene rings is 1. The van der Waals surface area contributed by atoms with Gasteiger partial charge in [0.25, 0.3) is 0 Å². The van der Waals surface area contributed by atoms with Crippen LogP contribution in [0.4, 0.5) is 5.69 Å². The Balaban J connectivity index is 2.86. The van der Waals surface area contributed by atoms with E-state index in [-0.39, 0.29) is 5.91 Å². The summed E-state index contributed by atoms with van der Waals surface area (Å²) >= 11 is 5.89. The molecule has 1 aromatic rings. The lowest BCUT2D eigenvalue weighted by Gasteiger charge is -2.11. The Morgan fingerprint density at radius 2 is 2.29 bits per heavy atom. The van der Waals surface area contributed by atoms with E-state index in [1.807, 2.05) is 6.92 Å². The highest BCUT2D eigenvalue weighted by molar-refractivity contribution is 6.31. The monoisotopic (exact) mass is 253 g/mol. The van der Waals surface area contributed by atoms with Crippen LogP contribution >= 0.6 is 11.6 Å². The maximum absolute atomic E-state index is 11.5. The first-order valence-electron chi connectivity index (χ1n) is 5.53. The van der Waals surface area contributed by atoms with Crippen LogP contribution in [0.15, 0.2) is 30.4 Å². The van der Waals surface area contributed by atoms with Crippen molar-refractivity contribution < 1.29 is 9.53 Å². The van der Waals surface area contributed by atoms with Gasteiger partial charge in [-0.15, -0.1) is 0 Å². The summed E-state index contributed by atoms with van der Waals surface area (Å²) in [4.78, 5) is 11.5. The number of allylic oxidation sites excluding steroid dienone is 1. The number of halogens is 1. The van der Waals surface area contributed by atoms with E-state index >= 15 is 0 Å². The normalized spacial score (nSPS) is 10.5. The van der Waals surface area contributed by atoms with Gasteiger partial charge in [-0.05, 0) is 37.6 Å². The zero-order chi connectivity index (χ0) is 12.7. The summed E-state index contributed by atoms with van der Waals surface area (Å²) in [6.07, 6.45) is 4.03. The number of hydrogen-bond donors (Lipinski definition) is 1. The van der Waals surface area contributed by atoms with Gasteiger partial charge in [0, 0.05) is 5.02 Å². The van der Waals surface area contributed by atoms with Gasteiger partial charge in [0.1, 0.15) is 5.75 Å². The summed E-state index contributed by atoms with van der Waals surface area (Å²) in [5.41, 5.74) is 0.592. The van der Waals surface area contributed by atoms with Gasteiger partial charge in [0.2, 0.25) is 5.91 Å². The third-order valence-corrected chi connectivity index (χ3v) is 2.21. The first-order chi connectivity index (χ1) is 8.17. The average molecular weight is 254 g/mol. The van der Waals surface area contributed by atoms with E-state index in [0.29, 0.717) is 23.1 Å². The lowest BCUT2D eigenvalue weighted by Crippen LogP contribution is -2.09. The van der Waals surface area contributed by atoms with Crippen LogP contribution in [0.5, 0.6) is 5.75 Å². The molecule has 1 amide bonds. The predicted octanol–water partition coefficient (Wildman–Crippen LogP) is 3.64. The average Bonchev–Trinajstić information content (AvgIpc) is 2.28. The van der Waals surface area contributed by atoms with Gasteiger partial charge in [-0.1, -0.05) is 24.6 Å². The molecule has 0 radical (unpaired) electrons. The number of rotatable bonds is 5. The standard InChI is InChI=1S/C13H16ClNO2/c1-3-5-13(16)15-11-9-10(14)6-7-12(11)17-8-4-2/h3,5-7,9H,4,8H2,1-2H3,(H,15,16). The Morgan fingerprint density at radius 1 is 1.53 bits per heavy atom. The molecule has 1 aromatic carbocycles. The SMILES string of the molecule is CC=CC(=O)Nc1cc(Cl)ccc1OCCC. The zero-order valence-electron chi connectivity index (χ0n) is 10.00. The van der Waals surface area contributed by atoms with Gasteiger partial charge >= 0.3 is 0 Å². The number of carbonyl (C=O) groups excluding carboxylic acids is 1. The van der Waals surface area contributed by atoms with Crippen LogP contribution in [0.1, 0.15) is 20.3 Å². The minimum absolute atomic E-state index is 0.198. The van der Waals surface area contributed by atoms with E-state index < -0.39 is 0 Å². The number of amides is 1. The van der Waals surface area contributed by atoms with Gasteiger partial charge in [-0.2, -0.15) is 0 Å². The number of ether oxygens (including phenoxy) is 1. The van der Waals surface area contributed by atoms with Gasteiger partial charge in [0.05, 0.1) is 12.3 Å². The van der Waals surface area contributed by atoms with E-state index in [1.165, 1.54) is 6.08 Å².